The molecule has 0 aromatic rings. The average Bonchev–Trinajstić information content (AvgIpc) is 2.11. The minimum Gasteiger partial charge on any atom is -0.354 e. The Labute approximate surface area is 94.0 Å². The molecule has 0 aliphatic heterocycles. The predicted octanol–water partition coefficient (Wildman–Crippen LogP) is 1.78. The van der Waals surface area contributed by atoms with Gasteiger partial charge in [-0.05, 0) is 11.3 Å². The Balaban J connectivity index is 3.80. The summed E-state index contributed by atoms with van der Waals surface area (Å²) in [4.78, 5) is 11.4. The molecule has 2 N–H and O–H groups in total. The van der Waals surface area contributed by atoms with Crippen LogP contribution in [-0.4, -0.2) is 25.0 Å². The van der Waals surface area contributed by atoms with E-state index in [2.05, 4.69) is 38.3 Å². The SMILES string of the molecule is CC(C)NCC(=O)NCC(C)(C)C(C)C. The smallest absolute Gasteiger partial charge is 0.233 e. The van der Waals surface area contributed by atoms with Crippen molar-refractivity contribution in [3.05, 3.63) is 0 Å². The summed E-state index contributed by atoms with van der Waals surface area (Å²) in [6.07, 6.45) is 0. The van der Waals surface area contributed by atoms with Gasteiger partial charge in [-0.15, -0.1) is 0 Å². The molecule has 0 aliphatic rings. The summed E-state index contributed by atoms with van der Waals surface area (Å²) in [5.74, 6) is 0.647. The molecule has 0 rings (SSSR count). The maximum Gasteiger partial charge on any atom is 0.233 e. The maximum absolute atomic E-state index is 11.4. The second-order valence-electron chi connectivity index (χ2n) is 5.46. The molecule has 3 nitrogen and oxygen atoms in total. The second kappa shape index (κ2) is 6.11. The maximum atomic E-state index is 11.4. The van der Waals surface area contributed by atoms with Gasteiger partial charge in [-0.1, -0.05) is 41.5 Å². The molecule has 3 heteroatoms. The Morgan fingerprint density at radius 2 is 1.73 bits per heavy atom. The number of carbonyl (C=O) groups is 1. The quantitative estimate of drug-likeness (QED) is 0.707. The lowest BCUT2D eigenvalue weighted by Crippen LogP contribution is -2.42. The first-order chi connectivity index (χ1) is 6.75. The first-order valence-corrected chi connectivity index (χ1v) is 5.76. The van der Waals surface area contributed by atoms with E-state index in [-0.39, 0.29) is 11.3 Å². The first kappa shape index (κ1) is 14.4. The van der Waals surface area contributed by atoms with E-state index in [0.29, 0.717) is 18.5 Å². The third-order valence-corrected chi connectivity index (χ3v) is 2.97. The van der Waals surface area contributed by atoms with E-state index in [4.69, 9.17) is 0 Å². The van der Waals surface area contributed by atoms with Gasteiger partial charge < -0.3 is 10.6 Å². The number of nitrogens with one attached hydrogen (secondary N) is 2. The number of hydrogen-bond donors (Lipinski definition) is 2. The summed E-state index contributed by atoms with van der Waals surface area (Å²) in [5, 5.41) is 6.06. The highest BCUT2D eigenvalue weighted by atomic mass is 16.1. The van der Waals surface area contributed by atoms with Gasteiger partial charge in [0.15, 0.2) is 0 Å². The molecular weight excluding hydrogens is 188 g/mol. The highest BCUT2D eigenvalue weighted by Crippen LogP contribution is 2.24. The van der Waals surface area contributed by atoms with Crippen LogP contribution in [0, 0.1) is 11.3 Å². The summed E-state index contributed by atoms with van der Waals surface area (Å²) in [7, 11) is 0. The summed E-state index contributed by atoms with van der Waals surface area (Å²) < 4.78 is 0. The highest BCUT2D eigenvalue weighted by molar-refractivity contribution is 5.78. The van der Waals surface area contributed by atoms with Crippen molar-refractivity contribution in [2.45, 2.75) is 47.6 Å². The predicted molar refractivity (Wildman–Crippen MR) is 64.8 cm³/mol. The van der Waals surface area contributed by atoms with E-state index in [1.807, 2.05) is 13.8 Å². The van der Waals surface area contributed by atoms with Crippen LogP contribution in [0.25, 0.3) is 0 Å². The van der Waals surface area contributed by atoms with Crippen LogP contribution in [-0.2, 0) is 4.79 Å². The van der Waals surface area contributed by atoms with Gasteiger partial charge in [0.2, 0.25) is 5.91 Å². The van der Waals surface area contributed by atoms with Gasteiger partial charge in [0.1, 0.15) is 0 Å². The van der Waals surface area contributed by atoms with Crippen LogP contribution in [0.5, 0.6) is 0 Å². The fraction of sp³-hybridized carbons (Fsp3) is 0.917. The molecule has 0 atom stereocenters. The van der Waals surface area contributed by atoms with Crippen molar-refractivity contribution < 1.29 is 4.79 Å². The van der Waals surface area contributed by atoms with Crippen LogP contribution in [0.15, 0.2) is 0 Å². The van der Waals surface area contributed by atoms with E-state index in [1.54, 1.807) is 0 Å². The number of carbonyl (C=O) groups excluding carboxylic acids is 1. The van der Waals surface area contributed by atoms with Crippen LogP contribution >= 0.6 is 0 Å². The normalized spacial score (nSPS) is 12.3. The van der Waals surface area contributed by atoms with Crippen molar-refractivity contribution in [1.29, 1.82) is 0 Å². The van der Waals surface area contributed by atoms with Gasteiger partial charge in [-0.3, -0.25) is 4.79 Å². The highest BCUT2D eigenvalue weighted by Gasteiger charge is 2.22. The molecule has 0 saturated carbocycles. The van der Waals surface area contributed by atoms with Crippen molar-refractivity contribution in [2.75, 3.05) is 13.1 Å². The average molecular weight is 214 g/mol. The molecule has 0 spiro atoms. The zero-order valence-electron chi connectivity index (χ0n) is 11.0. The van der Waals surface area contributed by atoms with Gasteiger partial charge in [-0.2, -0.15) is 0 Å². The molecule has 90 valence electrons. The summed E-state index contributed by atoms with van der Waals surface area (Å²) in [5.41, 5.74) is 0.160. The van der Waals surface area contributed by atoms with Crippen LogP contribution in [0.2, 0.25) is 0 Å². The van der Waals surface area contributed by atoms with Crippen LogP contribution in [0.1, 0.15) is 41.5 Å². The van der Waals surface area contributed by atoms with E-state index < -0.39 is 0 Å². The summed E-state index contributed by atoms with van der Waals surface area (Å²) in [6.45, 7) is 13.9. The molecule has 15 heavy (non-hydrogen) atoms. The molecular formula is C12H26N2O. The summed E-state index contributed by atoms with van der Waals surface area (Å²) in [6, 6.07) is 0.355. The van der Waals surface area contributed by atoms with Crippen LogP contribution in [0.4, 0.5) is 0 Å². The molecule has 1 amide bonds. The minimum absolute atomic E-state index is 0.0809. The lowest BCUT2D eigenvalue weighted by molar-refractivity contribution is -0.120. The standard InChI is InChI=1S/C12H26N2O/c1-9(2)12(5,6)8-14-11(15)7-13-10(3)4/h9-10,13H,7-8H2,1-6H3,(H,14,15). The Hall–Kier alpha value is -0.570. The topological polar surface area (TPSA) is 41.1 Å². The van der Waals surface area contributed by atoms with Crippen LogP contribution in [0.3, 0.4) is 0 Å². The van der Waals surface area contributed by atoms with Crippen molar-refractivity contribution >= 4 is 5.91 Å². The van der Waals surface area contributed by atoms with Gasteiger partial charge >= 0.3 is 0 Å². The van der Waals surface area contributed by atoms with Crippen LogP contribution < -0.4 is 10.6 Å². The molecule has 0 aromatic heterocycles. The monoisotopic (exact) mass is 214 g/mol. The number of hydrogen-bond acceptors (Lipinski definition) is 2. The molecule has 0 bridgehead atoms. The molecule has 0 fully saturated rings. The Morgan fingerprint density at radius 3 is 2.13 bits per heavy atom. The van der Waals surface area contributed by atoms with Gasteiger partial charge in [0, 0.05) is 12.6 Å². The van der Waals surface area contributed by atoms with Gasteiger partial charge in [0.25, 0.3) is 0 Å². The van der Waals surface area contributed by atoms with Crippen molar-refractivity contribution in [1.82, 2.24) is 10.6 Å². The van der Waals surface area contributed by atoms with E-state index >= 15 is 0 Å². The third-order valence-electron chi connectivity index (χ3n) is 2.97. The first-order valence-electron chi connectivity index (χ1n) is 5.76. The Bertz CT molecular complexity index is 198. The zero-order valence-corrected chi connectivity index (χ0v) is 11.0. The van der Waals surface area contributed by atoms with E-state index in [1.165, 1.54) is 0 Å². The minimum atomic E-state index is 0.0809. The van der Waals surface area contributed by atoms with Gasteiger partial charge in [0.05, 0.1) is 6.54 Å². The Kier molecular flexibility index (Phi) is 5.88. The lowest BCUT2D eigenvalue weighted by Gasteiger charge is -2.29. The lowest BCUT2D eigenvalue weighted by atomic mass is 9.81. The fourth-order valence-corrected chi connectivity index (χ4v) is 0.890. The van der Waals surface area contributed by atoms with E-state index in [9.17, 15) is 4.79 Å². The molecule has 0 radical (unpaired) electrons. The largest absolute Gasteiger partial charge is 0.354 e. The molecule has 0 heterocycles. The molecule has 0 unspecified atom stereocenters. The summed E-state index contributed by atoms with van der Waals surface area (Å²) >= 11 is 0. The van der Waals surface area contributed by atoms with Gasteiger partial charge in [-0.25, -0.2) is 0 Å². The van der Waals surface area contributed by atoms with Crippen molar-refractivity contribution in [3.63, 3.8) is 0 Å². The van der Waals surface area contributed by atoms with E-state index in [0.717, 1.165) is 6.54 Å². The van der Waals surface area contributed by atoms with Crippen molar-refractivity contribution in [2.24, 2.45) is 11.3 Å². The Morgan fingerprint density at radius 1 is 1.20 bits per heavy atom. The molecule has 0 saturated heterocycles. The third kappa shape index (κ3) is 6.50. The second-order valence-corrected chi connectivity index (χ2v) is 5.46. The number of amides is 1. The fourth-order valence-electron chi connectivity index (χ4n) is 0.890. The number of rotatable bonds is 6. The zero-order chi connectivity index (χ0) is 12.1. The molecule has 0 aromatic carbocycles. The van der Waals surface area contributed by atoms with Crippen molar-refractivity contribution in [3.8, 4) is 0 Å². The molecule has 0 aliphatic carbocycles.